The van der Waals surface area contributed by atoms with E-state index in [9.17, 15) is 14.4 Å². The van der Waals surface area contributed by atoms with Crippen molar-refractivity contribution in [2.45, 2.75) is 43.9 Å². The van der Waals surface area contributed by atoms with Gasteiger partial charge in [-0.25, -0.2) is 0 Å². The molecule has 0 bridgehead atoms. The molecule has 2 aliphatic rings. The van der Waals surface area contributed by atoms with Crippen molar-refractivity contribution in [1.29, 1.82) is 0 Å². The van der Waals surface area contributed by atoms with Gasteiger partial charge >= 0.3 is 5.97 Å². The minimum Gasteiger partial charge on any atom is -0.496 e. The predicted molar refractivity (Wildman–Crippen MR) is 140 cm³/mol. The van der Waals surface area contributed by atoms with Gasteiger partial charge in [-0.2, -0.15) is 0 Å². The summed E-state index contributed by atoms with van der Waals surface area (Å²) in [6.45, 7) is 1.13. The van der Waals surface area contributed by atoms with Crippen LogP contribution in [0.25, 0.3) is 0 Å². The fourth-order valence-electron chi connectivity index (χ4n) is 5.48. The molecule has 202 valence electrons. The summed E-state index contributed by atoms with van der Waals surface area (Å²) in [7, 11) is 1.44. The Morgan fingerprint density at radius 3 is 2.23 bits per heavy atom. The monoisotopic (exact) mass is 530 g/mol. The maximum absolute atomic E-state index is 14.5. The molecule has 3 aromatic rings. The molecule has 5 rings (SSSR count). The van der Waals surface area contributed by atoms with Gasteiger partial charge in [0.1, 0.15) is 11.9 Å². The van der Waals surface area contributed by atoms with E-state index in [1.165, 1.54) is 14.0 Å². The van der Waals surface area contributed by atoms with Crippen LogP contribution in [0.4, 0.5) is 0 Å². The molecule has 1 fully saturated rings. The lowest BCUT2D eigenvalue weighted by atomic mass is 9.64. The van der Waals surface area contributed by atoms with E-state index in [1.807, 2.05) is 60.7 Å². The highest BCUT2D eigenvalue weighted by molar-refractivity contribution is 6.22. The third-order valence-corrected chi connectivity index (χ3v) is 7.21. The lowest BCUT2D eigenvalue weighted by molar-refractivity contribution is -0.252. The highest BCUT2D eigenvalue weighted by Crippen LogP contribution is 2.54. The molecule has 1 heterocycles. The molecule has 0 spiro atoms. The van der Waals surface area contributed by atoms with Gasteiger partial charge in [0.25, 0.3) is 5.60 Å². The third-order valence-electron chi connectivity index (χ3n) is 7.21. The minimum absolute atomic E-state index is 0.0122. The summed E-state index contributed by atoms with van der Waals surface area (Å²) in [6.07, 6.45) is -1.18. The van der Waals surface area contributed by atoms with E-state index in [1.54, 1.807) is 18.2 Å². The molecule has 1 aliphatic carbocycles. The van der Waals surface area contributed by atoms with Gasteiger partial charge < -0.3 is 23.7 Å². The lowest BCUT2D eigenvalue weighted by Crippen LogP contribution is -2.73. The van der Waals surface area contributed by atoms with Gasteiger partial charge in [0.05, 0.1) is 39.1 Å². The number of Topliss-reactive ketones (excluding diaryl/α,β-unsaturated/α-hetero) is 2. The Morgan fingerprint density at radius 1 is 0.923 bits per heavy atom. The average molecular weight is 531 g/mol. The smallest absolute Gasteiger partial charge is 0.304 e. The quantitative estimate of drug-likeness (QED) is 0.312. The molecule has 0 radical (unpaired) electrons. The summed E-state index contributed by atoms with van der Waals surface area (Å²) >= 11 is 0. The minimum atomic E-state index is -2.35. The van der Waals surface area contributed by atoms with Crippen LogP contribution in [0.15, 0.2) is 78.9 Å². The molecule has 3 atom stereocenters. The summed E-state index contributed by atoms with van der Waals surface area (Å²) in [5, 5.41) is 0. The van der Waals surface area contributed by atoms with Gasteiger partial charge in [-0.1, -0.05) is 72.8 Å². The van der Waals surface area contributed by atoms with Crippen LogP contribution in [0, 0.1) is 0 Å². The van der Waals surface area contributed by atoms with E-state index in [0.717, 1.165) is 11.1 Å². The molecule has 0 amide bonds. The number of carbonyl (C=O) groups excluding carboxylic acids is 3. The molecule has 0 unspecified atom stereocenters. The normalized spacial score (nSPS) is 24.3. The van der Waals surface area contributed by atoms with Gasteiger partial charge in [0, 0.05) is 13.3 Å². The number of methoxy groups -OCH3 is 1. The number of fused-ring (bicyclic) bond motifs is 2. The molecule has 1 saturated heterocycles. The lowest BCUT2D eigenvalue weighted by Gasteiger charge is -2.52. The first kappa shape index (κ1) is 26.7. The zero-order valence-electron chi connectivity index (χ0n) is 21.9. The first-order chi connectivity index (χ1) is 18.9. The van der Waals surface area contributed by atoms with Crippen LogP contribution in [0.3, 0.4) is 0 Å². The van der Waals surface area contributed by atoms with Gasteiger partial charge in [0.15, 0.2) is 11.4 Å². The van der Waals surface area contributed by atoms with Crippen LogP contribution in [-0.2, 0) is 41.8 Å². The second kappa shape index (κ2) is 11.1. The SMILES string of the molecule is COc1cccc2c1C(=O)[C@@]1(OC(C)=O)C(=O)CCOC[C@@]1(OCc1ccccc1)[C@@H]2OCc1ccccc1. The summed E-state index contributed by atoms with van der Waals surface area (Å²) in [4.78, 5) is 41.2. The number of esters is 1. The number of hydrogen-bond donors (Lipinski definition) is 0. The number of hydrogen-bond acceptors (Lipinski definition) is 8. The number of ketones is 2. The van der Waals surface area contributed by atoms with Crippen LogP contribution in [-0.4, -0.2) is 49.1 Å². The Hall–Kier alpha value is -3.85. The molecule has 0 N–H and O–H groups in total. The Kier molecular flexibility index (Phi) is 7.61. The van der Waals surface area contributed by atoms with Gasteiger partial charge in [-0.05, 0) is 22.8 Å². The summed E-state index contributed by atoms with van der Waals surface area (Å²) in [6, 6.07) is 23.9. The third kappa shape index (κ3) is 4.65. The Bertz CT molecular complexity index is 1360. The Balaban J connectivity index is 1.75. The van der Waals surface area contributed by atoms with Gasteiger partial charge in [0.2, 0.25) is 5.78 Å². The van der Waals surface area contributed by atoms with E-state index in [0.29, 0.717) is 5.56 Å². The highest BCUT2D eigenvalue weighted by Gasteiger charge is 2.73. The van der Waals surface area contributed by atoms with Crippen molar-refractivity contribution in [1.82, 2.24) is 0 Å². The molecule has 8 nitrogen and oxygen atoms in total. The summed E-state index contributed by atoms with van der Waals surface area (Å²) < 4.78 is 30.5. The molecule has 8 heteroatoms. The van der Waals surface area contributed by atoms with Crippen molar-refractivity contribution in [2.24, 2.45) is 0 Å². The highest BCUT2D eigenvalue weighted by atomic mass is 16.6. The first-order valence-electron chi connectivity index (χ1n) is 12.8. The van der Waals surface area contributed by atoms with E-state index in [4.69, 9.17) is 23.7 Å². The standard InChI is InChI=1S/C31H30O8/c1-21(32)39-31-26(33)16-17-36-20-30(31,38-19-23-12-7-4-8-13-23)29(37-18-22-10-5-3-6-11-22)24-14-9-15-25(35-2)27(24)28(31)34/h3-15,29H,16-20H2,1-2H3/t29-,30-,31+/m1/s1. The zero-order valence-corrected chi connectivity index (χ0v) is 21.9. The largest absolute Gasteiger partial charge is 0.496 e. The van der Waals surface area contributed by atoms with Crippen LogP contribution >= 0.6 is 0 Å². The van der Waals surface area contributed by atoms with Crippen molar-refractivity contribution >= 4 is 17.5 Å². The van der Waals surface area contributed by atoms with Crippen molar-refractivity contribution in [3.05, 3.63) is 101 Å². The van der Waals surface area contributed by atoms with Crippen LogP contribution in [0.5, 0.6) is 5.75 Å². The van der Waals surface area contributed by atoms with E-state index in [2.05, 4.69) is 0 Å². The summed E-state index contributed by atoms with van der Waals surface area (Å²) in [5.74, 6) is -1.88. The second-order valence-corrected chi connectivity index (χ2v) is 9.59. The summed E-state index contributed by atoms with van der Waals surface area (Å²) in [5.41, 5.74) is -1.93. The molecule has 0 saturated carbocycles. The maximum Gasteiger partial charge on any atom is 0.304 e. The molecular weight excluding hydrogens is 500 g/mol. The molecule has 39 heavy (non-hydrogen) atoms. The number of ether oxygens (including phenoxy) is 5. The zero-order chi connectivity index (χ0) is 27.5. The van der Waals surface area contributed by atoms with E-state index >= 15 is 0 Å². The molecule has 0 aromatic heterocycles. The number of rotatable bonds is 8. The number of benzene rings is 3. The Morgan fingerprint density at radius 2 is 1.59 bits per heavy atom. The topological polar surface area (TPSA) is 97.4 Å². The molecule has 3 aromatic carbocycles. The van der Waals surface area contributed by atoms with Gasteiger partial charge in [-0.3, -0.25) is 14.4 Å². The van der Waals surface area contributed by atoms with E-state index < -0.39 is 34.8 Å². The van der Waals surface area contributed by atoms with Crippen molar-refractivity contribution < 1.29 is 38.1 Å². The Labute approximate surface area is 226 Å². The average Bonchev–Trinajstić information content (AvgIpc) is 3.09. The maximum atomic E-state index is 14.5. The predicted octanol–water partition coefficient (Wildman–Crippen LogP) is 4.40. The second-order valence-electron chi connectivity index (χ2n) is 9.59. The van der Waals surface area contributed by atoms with E-state index in [-0.39, 0.29) is 44.2 Å². The fourth-order valence-corrected chi connectivity index (χ4v) is 5.48. The van der Waals surface area contributed by atoms with Crippen molar-refractivity contribution in [3.63, 3.8) is 0 Å². The van der Waals surface area contributed by atoms with Gasteiger partial charge in [-0.15, -0.1) is 0 Å². The van der Waals surface area contributed by atoms with Crippen LogP contribution in [0.1, 0.15) is 46.5 Å². The van der Waals surface area contributed by atoms with Crippen molar-refractivity contribution in [2.75, 3.05) is 20.3 Å². The molecular formula is C31H30O8. The number of carbonyl (C=O) groups is 3. The van der Waals surface area contributed by atoms with Crippen molar-refractivity contribution in [3.8, 4) is 5.75 Å². The first-order valence-corrected chi connectivity index (χ1v) is 12.8. The van der Waals surface area contributed by atoms with Crippen LogP contribution < -0.4 is 4.74 Å². The molecule has 1 aliphatic heterocycles. The fraction of sp³-hybridized carbons (Fsp3) is 0.323. The van der Waals surface area contributed by atoms with Crippen LogP contribution in [0.2, 0.25) is 0 Å².